The molecule has 0 bridgehead atoms. The van der Waals surface area contributed by atoms with Gasteiger partial charge in [-0.15, -0.1) is 0 Å². The number of anilines is 2. The molecule has 0 unspecified atom stereocenters. The second-order valence-corrected chi connectivity index (χ2v) is 5.30. The Labute approximate surface area is 140 Å². The highest BCUT2D eigenvalue weighted by atomic mass is 16.5. The number of carbonyl (C=O) groups excluding carboxylic acids is 2. The fourth-order valence-electron chi connectivity index (χ4n) is 1.99. The summed E-state index contributed by atoms with van der Waals surface area (Å²) in [5, 5.41) is 5.08. The van der Waals surface area contributed by atoms with Gasteiger partial charge in [0.05, 0.1) is 18.9 Å². The minimum Gasteiger partial charge on any atom is -0.497 e. The number of benzene rings is 2. The van der Waals surface area contributed by atoms with Gasteiger partial charge in [0.25, 0.3) is 0 Å². The standard InChI is InChI=1S/C18H20N2O4/c1-12(2)24-16-10-5-4-9-15(16)20-18(22)17(21)19-13-7-6-8-14(11-13)23-3/h4-12H,1-3H3,(H,19,21)(H,20,22). The molecule has 0 saturated heterocycles. The van der Waals surface area contributed by atoms with E-state index in [4.69, 9.17) is 9.47 Å². The van der Waals surface area contributed by atoms with Crippen LogP contribution in [0.5, 0.6) is 11.5 Å². The summed E-state index contributed by atoms with van der Waals surface area (Å²) >= 11 is 0. The lowest BCUT2D eigenvalue weighted by Gasteiger charge is -2.14. The number of carbonyl (C=O) groups is 2. The van der Waals surface area contributed by atoms with E-state index in [0.29, 0.717) is 22.9 Å². The molecule has 0 aliphatic heterocycles. The Balaban J connectivity index is 2.05. The molecule has 0 fully saturated rings. The number of hydrogen-bond acceptors (Lipinski definition) is 4. The molecule has 6 nitrogen and oxygen atoms in total. The third-order valence-electron chi connectivity index (χ3n) is 3.03. The van der Waals surface area contributed by atoms with Gasteiger partial charge in [0.2, 0.25) is 0 Å². The van der Waals surface area contributed by atoms with Crippen LogP contribution < -0.4 is 20.1 Å². The van der Waals surface area contributed by atoms with Gasteiger partial charge < -0.3 is 20.1 Å². The molecule has 0 heterocycles. The fourth-order valence-corrected chi connectivity index (χ4v) is 1.99. The molecular formula is C18H20N2O4. The van der Waals surface area contributed by atoms with Crippen LogP contribution in [0.4, 0.5) is 11.4 Å². The molecule has 0 aromatic heterocycles. The van der Waals surface area contributed by atoms with Gasteiger partial charge in [-0.1, -0.05) is 18.2 Å². The highest BCUT2D eigenvalue weighted by molar-refractivity contribution is 6.43. The SMILES string of the molecule is COc1cccc(NC(=O)C(=O)Nc2ccccc2OC(C)C)c1. The summed E-state index contributed by atoms with van der Waals surface area (Å²) in [4.78, 5) is 24.1. The van der Waals surface area contributed by atoms with Gasteiger partial charge in [-0.05, 0) is 38.1 Å². The number of nitrogens with one attached hydrogen (secondary N) is 2. The van der Waals surface area contributed by atoms with Crippen molar-refractivity contribution in [2.75, 3.05) is 17.7 Å². The van der Waals surface area contributed by atoms with Crippen molar-refractivity contribution in [3.8, 4) is 11.5 Å². The van der Waals surface area contributed by atoms with Crippen LogP contribution in [0.15, 0.2) is 48.5 Å². The number of para-hydroxylation sites is 2. The third kappa shape index (κ3) is 4.74. The Kier molecular flexibility index (Phi) is 5.78. The second kappa shape index (κ2) is 8.01. The molecule has 24 heavy (non-hydrogen) atoms. The number of ether oxygens (including phenoxy) is 2. The van der Waals surface area contributed by atoms with Crippen molar-refractivity contribution in [3.05, 3.63) is 48.5 Å². The van der Waals surface area contributed by atoms with E-state index < -0.39 is 11.8 Å². The van der Waals surface area contributed by atoms with Crippen LogP contribution in [0.25, 0.3) is 0 Å². The van der Waals surface area contributed by atoms with Crippen molar-refractivity contribution in [2.24, 2.45) is 0 Å². The first kappa shape index (κ1) is 17.3. The fraction of sp³-hybridized carbons (Fsp3) is 0.222. The monoisotopic (exact) mass is 328 g/mol. The van der Waals surface area contributed by atoms with Crippen LogP contribution in [-0.2, 0) is 9.59 Å². The first-order valence-electron chi connectivity index (χ1n) is 7.51. The summed E-state index contributed by atoms with van der Waals surface area (Å²) in [5.74, 6) is -0.459. The summed E-state index contributed by atoms with van der Waals surface area (Å²) in [7, 11) is 1.53. The van der Waals surface area contributed by atoms with Gasteiger partial charge in [-0.3, -0.25) is 9.59 Å². The summed E-state index contributed by atoms with van der Waals surface area (Å²) in [5.41, 5.74) is 0.915. The molecule has 0 aliphatic rings. The van der Waals surface area contributed by atoms with Gasteiger partial charge in [-0.25, -0.2) is 0 Å². The molecule has 0 radical (unpaired) electrons. The van der Waals surface area contributed by atoms with Gasteiger partial charge >= 0.3 is 11.8 Å². The predicted octanol–water partition coefficient (Wildman–Crippen LogP) is 3.06. The van der Waals surface area contributed by atoms with Gasteiger partial charge in [0, 0.05) is 11.8 Å². The van der Waals surface area contributed by atoms with E-state index >= 15 is 0 Å². The van der Waals surface area contributed by atoms with Crippen molar-refractivity contribution in [3.63, 3.8) is 0 Å². The summed E-state index contributed by atoms with van der Waals surface area (Å²) < 4.78 is 10.7. The minimum atomic E-state index is -0.780. The van der Waals surface area contributed by atoms with E-state index in [1.807, 2.05) is 13.8 Å². The maximum atomic E-state index is 12.1. The van der Waals surface area contributed by atoms with Crippen molar-refractivity contribution in [1.29, 1.82) is 0 Å². The lowest BCUT2D eigenvalue weighted by atomic mass is 10.2. The highest BCUT2D eigenvalue weighted by Gasteiger charge is 2.16. The van der Waals surface area contributed by atoms with Gasteiger partial charge in [0.15, 0.2) is 0 Å². The Morgan fingerprint density at radius 2 is 1.67 bits per heavy atom. The maximum Gasteiger partial charge on any atom is 0.314 e. The molecule has 126 valence electrons. The molecule has 0 atom stereocenters. The summed E-state index contributed by atoms with van der Waals surface area (Å²) in [6.07, 6.45) is -0.0475. The third-order valence-corrected chi connectivity index (χ3v) is 3.03. The minimum absolute atomic E-state index is 0.0475. The average molecular weight is 328 g/mol. The van der Waals surface area contributed by atoms with Gasteiger partial charge in [-0.2, -0.15) is 0 Å². The van der Waals surface area contributed by atoms with E-state index in [1.165, 1.54) is 7.11 Å². The van der Waals surface area contributed by atoms with Crippen LogP contribution in [0.2, 0.25) is 0 Å². The van der Waals surface area contributed by atoms with Crippen LogP contribution in [0.1, 0.15) is 13.8 Å². The number of methoxy groups -OCH3 is 1. The molecule has 2 rings (SSSR count). The summed E-state index contributed by atoms with van der Waals surface area (Å²) in [6, 6.07) is 13.7. The van der Waals surface area contributed by atoms with E-state index in [9.17, 15) is 9.59 Å². The smallest absolute Gasteiger partial charge is 0.314 e. The largest absolute Gasteiger partial charge is 0.497 e. The number of amides is 2. The van der Waals surface area contributed by atoms with Gasteiger partial charge in [0.1, 0.15) is 11.5 Å². The topological polar surface area (TPSA) is 76.7 Å². The molecule has 2 aromatic carbocycles. The second-order valence-electron chi connectivity index (χ2n) is 5.30. The van der Waals surface area contributed by atoms with Crippen LogP contribution >= 0.6 is 0 Å². The zero-order valence-electron chi connectivity index (χ0n) is 13.8. The molecule has 2 aromatic rings. The average Bonchev–Trinajstić information content (AvgIpc) is 2.56. The van der Waals surface area contributed by atoms with E-state index in [1.54, 1.807) is 48.5 Å². The molecule has 0 spiro atoms. The zero-order valence-corrected chi connectivity index (χ0v) is 13.8. The van der Waals surface area contributed by atoms with Crippen molar-refractivity contribution < 1.29 is 19.1 Å². The van der Waals surface area contributed by atoms with Crippen molar-refractivity contribution in [1.82, 2.24) is 0 Å². The lowest BCUT2D eigenvalue weighted by molar-refractivity contribution is -0.133. The highest BCUT2D eigenvalue weighted by Crippen LogP contribution is 2.25. The Morgan fingerprint density at radius 3 is 2.38 bits per heavy atom. The molecule has 0 saturated carbocycles. The molecule has 6 heteroatoms. The van der Waals surface area contributed by atoms with Crippen molar-refractivity contribution in [2.45, 2.75) is 20.0 Å². The first-order chi connectivity index (χ1) is 11.5. The predicted molar refractivity (Wildman–Crippen MR) is 92.5 cm³/mol. The van der Waals surface area contributed by atoms with Crippen LogP contribution in [-0.4, -0.2) is 25.0 Å². The zero-order chi connectivity index (χ0) is 17.5. The van der Waals surface area contributed by atoms with Crippen LogP contribution in [0.3, 0.4) is 0 Å². The summed E-state index contributed by atoms with van der Waals surface area (Å²) in [6.45, 7) is 3.77. The van der Waals surface area contributed by atoms with E-state index in [-0.39, 0.29) is 6.10 Å². The number of hydrogen-bond donors (Lipinski definition) is 2. The van der Waals surface area contributed by atoms with E-state index in [2.05, 4.69) is 10.6 Å². The molecular weight excluding hydrogens is 308 g/mol. The Bertz CT molecular complexity index is 728. The number of rotatable bonds is 5. The van der Waals surface area contributed by atoms with E-state index in [0.717, 1.165) is 0 Å². The molecule has 2 amide bonds. The Morgan fingerprint density at radius 1 is 0.958 bits per heavy atom. The first-order valence-corrected chi connectivity index (χ1v) is 7.51. The Hall–Kier alpha value is -3.02. The van der Waals surface area contributed by atoms with Crippen LogP contribution in [0, 0.1) is 0 Å². The maximum absolute atomic E-state index is 12.1. The quantitative estimate of drug-likeness (QED) is 0.827. The molecule has 0 aliphatic carbocycles. The van der Waals surface area contributed by atoms with Crippen molar-refractivity contribution >= 4 is 23.2 Å². The lowest BCUT2D eigenvalue weighted by Crippen LogP contribution is -2.29. The normalized spacial score (nSPS) is 10.2. The molecule has 2 N–H and O–H groups in total.